The van der Waals surface area contributed by atoms with Gasteiger partial charge >= 0.3 is 0 Å². The highest BCUT2D eigenvalue weighted by molar-refractivity contribution is 5.96. The molecule has 16 aromatic carbocycles. The fourth-order valence-corrected chi connectivity index (χ4v) is 18.6. The monoisotopic (exact) mass is 1590 g/mol. The van der Waals surface area contributed by atoms with Gasteiger partial charge in [0.25, 0.3) is 0 Å². The summed E-state index contributed by atoms with van der Waals surface area (Å²) in [5.74, 6) is 5.59. The standard InChI is InChI=1S/2C57H38N4O/c1-4-13-37(14-5-1)40-23-25-42(26-24-40)55-58-56(44-20-12-19-43(35-44)39-17-8-3-9-18-39)60-57(59-55)45-29-33-51-48(36-45)54-52(62-51)34-32-50-53(54)47-21-10-11-22-49(47)61(50)46-30-27-41(28-31-46)38-15-6-2-7-16-38;1-4-12-37(13-5-1)40-20-24-43(25-21-40)55-58-56(44-26-22-41(23-27-44)38-14-6-2-7-15-38)60-57(59-55)45-30-34-51-48(36-45)54-52(62-51)35-33-50-53(54)47-18-10-11-19-49(47)61(50)46-31-28-42(29-32-46)39-16-8-3-9-17-39/h2*1-36,50,53H. The highest BCUT2D eigenvalue weighted by atomic mass is 16.3. The first-order valence-electron chi connectivity index (χ1n) is 42.2. The van der Waals surface area contributed by atoms with Crippen LogP contribution in [0, 0.1) is 0 Å². The van der Waals surface area contributed by atoms with Crippen molar-refractivity contribution in [2.45, 2.75) is 23.9 Å². The molecule has 0 fully saturated rings. The van der Waals surface area contributed by atoms with Gasteiger partial charge in [-0.05, 0) is 169 Å². The Kier molecular flexibility index (Phi) is 18.3. The molecule has 24 rings (SSSR count). The lowest BCUT2D eigenvalue weighted by Crippen LogP contribution is -2.30. The molecule has 584 valence electrons. The molecule has 4 aliphatic rings. The summed E-state index contributed by atoms with van der Waals surface area (Å²) in [6.45, 7) is 0. The van der Waals surface area contributed by atoms with Crippen molar-refractivity contribution in [3.05, 3.63) is 458 Å². The number of nitrogens with zero attached hydrogens (tertiary/aromatic N) is 8. The van der Waals surface area contributed by atoms with Crippen LogP contribution in [0.5, 0.6) is 0 Å². The fraction of sp³-hybridized carbons (Fsp3) is 0.0351. The molecule has 10 heteroatoms. The van der Waals surface area contributed by atoms with E-state index in [2.05, 4.69) is 422 Å². The molecule has 0 radical (unpaired) electrons. The predicted octanol–water partition coefficient (Wildman–Crippen LogP) is 28.6. The average molecular weight is 1590 g/mol. The van der Waals surface area contributed by atoms with E-state index in [1.165, 1.54) is 55.9 Å². The van der Waals surface area contributed by atoms with Crippen LogP contribution in [0.2, 0.25) is 0 Å². The van der Waals surface area contributed by atoms with E-state index in [0.29, 0.717) is 34.9 Å². The molecule has 20 aromatic rings. The van der Waals surface area contributed by atoms with Gasteiger partial charge in [-0.3, -0.25) is 0 Å². The van der Waals surface area contributed by atoms with Gasteiger partial charge in [0.15, 0.2) is 34.9 Å². The van der Waals surface area contributed by atoms with Crippen molar-refractivity contribution in [1.82, 2.24) is 29.9 Å². The number of aromatic nitrogens is 6. The van der Waals surface area contributed by atoms with Crippen molar-refractivity contribution >= 4 is 56.8 Å². The summed E-state index contributed by atoms with van der Waals surface area (Å²) >= 11 is 0. The molecule has 124 heavy (non-hydrogen) atoms. The Morgan fingerprint density at radius 2 is 0.444 bits per heavy atom. The van der Waals surface area contributed by atoms with Crippen LogP contribution in [-0.2, 0) is 0 Å². The molecule has 0 N–H and O–H groups in total. The van der Waals surface area contributed by atoms with Crippen LogP contribution in [0.15, 0.2) is 433 Å². The summed E-state index contributed by atoms with van der Waals surface area (Å²) in [5, 5.41) is 2.13. The second-order valence-electron chi connectivity index (χ2n) is 31.9. The number of para-hydroxylation sites is 2. The number of benzene rings is 16. The molecule has 2 aliphatic heterocycles. The third kappa shape index (κ3) is 13.4. The van der Waals surface area contributed by atoms with E-state index in [4.69, 9.17) is 38.7 Å². The SMILES string of the molecule is C1=CC2C(c3ccccc3N2c2ccc(-c3ccccc3)cc2)c2c1oc1ccc(-c3nc(-c4ccc(-c5ccccc5)cc4)nc(-c4ccc(-c5ccccc5)cc4)n3)cc21.C1=CC2C(c3ccccc3N2c2ccc(-c3ccccc3)cc2)c2c1oc1ccc(-c3nc(-c4ccc(-c5ccccc5)cc4)nc(-c4cccc(-c5ccccc5)c4)n3)cc21. The van der Waals surface area contributed by atoms with E-state index in [-0.39, 0.29) is 23.9 Å². The van der Waals surface area contributed by atoms with Crippen molar-refractivity contribution in [2.75, 3.05) is 9.80 Å². The average Bonchev–Trinajstić information content (AvgIpc) is 1.56. The minimum absolute atomic E-state index is 0.0600. The van der Waals surface area contributed by atoms with E-state index < -0.39 is 0 Å². The summed E-state index contributed by atoms with van der Waals surface area (Å²) in [4.78, 5) is 36.0. The van der Waals surface area contributed by atoms with Gasteiger partial charge < -0.3 is 18.6 Å². The normalized spacial score (nSPS) is 15.0. The lowest BCUT2D eigenvalue weighted by molar-refractivity contribution is 0.584. The summed E-state index contributed by atoms with van der Waals surface area (Å²) in [5.41, 5.74) is 30.8. The number of hydrogen-bond acceptors (Lipinski definition) is 10. The van der Waals surface area contributed by atoms with Crippen LogP contribution in [0.25, 0.3) is 169 Å². The number of hydrogen-bond donors (Lipinski definition) is 0. The minimum Gasteiger partial charge on any atom is -0.456 e. The largest absolute Gasteiger partial charge is 0.456 e. The highest BCUT2D eigenvalue weighted by Gasteiger charge is 2.45. The van der Waals surface area contributed by atoms with Gasteiger partial charge in [0.1, 0.15) is 22.7 Å². The minimum atomic E-state index is 0.0600. The van der Waals surface area contributed by atoms with Crippen molar-refractivity contribution in [3.63, 3.8) is 0 Å². The Morgan fingerprint density at radius 1 is 0.202 bits per heavy atom. The van der Waals surface area contributed by atoms with Crippen LogP contribution in [0.4, 0.5) is 22.7 Å². The van der Waals surface area contributed by atoms with Crippen LogP contribution < -0.4 is 9.80 Å². The molecule has 4 atom stereocenters. The van der Waals surface area contributed by atoms with E-state index >= 15 is 0 Å². The summed E-state index contributed by atoms with van der Waals surface area (Å²) in [6, 6.07) is 145. The van der Waals surface area contributed by atoms with E-state index in [1.54, 1.807) is 0 Å². The van der Waals surface area contributed by atoms with Crippen LogP contribution in [0.3, 0.4) is 0 Å². The lowest BCUT2D eigenvalue weighted by Gasteiger charge is -2.30. The third-order valence-corrected chi connectivity index (χ3v) is 24.6. The smallest absolute Gasteiger partial charge is 0.164 e. The molecular formula is C114H76N8O2. The second-order valence-corrected chi connectivity index (χ2v) is 31.9. The maximum atomic E-state index is 6.64. The molecule has 4 aromatic heterocycles. The Morgan fingerprint density at radius 3 is 0.774 bits per heavy atom. The zero-order valence-electron chi connectivity index (χ0n) is 67.3. The Bertz CT molecular complexity index is 7350. The molecule has 10 nitrogen and oxygen atoms in total. The van der Waals surface area contributed by atoms with Gasteiger partial charge in [-0.2, -0.15) is 0 Å². The Hall–Kier alpha value is -16.3. The Labute approximate surface area is 718 Å². The van der Waals surface area contributed by atoms with Crippen LogP contribution in [-0.4, -0.2) is 42.0 Å². The van der Waals surface area contributed by atoms with Gasteiger partial charge in [0.05, 0.1) is 12.1 Å². The van der Waals surface area contributed by atoms with Gasteiger partial charge in [-0.25, -0.2) is 29.9 Å². The van der Waals surface area contributed by atoms with E-state index in [0.717, 1.165) is 123 Å². The van der Waals surface area contributed by atoms with Gasteiger partial charge in [0, 0.05) is 89.9 Å². The maximum Gasteiger partial charge on any atom is 0.164 e. The maximum absolute atomic E-state index is 6.64. The number of fused-ring (bicyclic) bond motifs is 14. The fourth-order valence-electron chi connectivity index (χ4n) is 18.6. The molecule has 4 unspecified atom stereocenters. The quantitative estimate of drug-likeness (QED) is 0.104. The second kappa shape index (κ2) is 31.1. The summed E-state index contributed by atoms with van der Waals surface area (Å²) in [7, 11) is 0. The molecule has 0 saturated heterocycles. The van der Waals surface area contributed by atoms with Crippen LogP contribution in [0.1, 0.15) is 45.6 Å². The molecule has 0 spiro atoms. The Balaban J connectivity index is 0.000000143. The van der Waals surface area contributed by atoms with E-state index in [9.17, 15) is 0 Å². The zero-order chi connectivity index (χ0) is 82.0. The number of rotatable bonds is 14. The van der Waals surface area contributed by atoms with Crippen molar-refractivity contribution in [2.24, 2.45) is 0 Å². The van der Waals surface area contributed by atoms with Crippen molar-refractivity contribution in [1.29, 1.82) is 0 Å². The number of anilines is 4. The molecule has 2 aliphatic carbocycles. The van der Waals surface area contributed by atoms with Gasteiger partial charge in [-0.1, -0.05) is 346 Å². The summed E-state index contributed by atoms with van der Waals surface area (Å²) < 4.78 is 13.3. The molecule has 0 amide bonds. The third-order valence-electron chi connectivity index (χ3n) is 24.6. The first-order chi connectivity index (χ1) is 61.4. The lowest BCUT2D eigenvalue weighted by atomic mass is 9.82. The molecule has 6 heterocycles. The number of furan rings is 2. The zero-order valence-corrected chi connectivity index (χ0v) is 67.3. The van der Waals surface area contributed by atoms with Crippen molar-refractivity contribution in [3.8, 4) is 135 Å². The molecule has 0 bridgehead atoms. The van der Waals surface area contributed by atoms with Crippen molar-refractivity contribution < 1.29 is 8.83 Å². The molecular weight excluding hydrogens is 1510 g/mol. The first-order valence-corrected chi connectivity index (χ1v) is 42.2. The first kappa shape index (κ1) is 72.9. The van der Waals surface area contributed by atoms with E-state index in [1.807, 2.05) is 24.3 Å². The molecule has 0 saturated carbocycles. The van der Waals surface area contributed by atoms with Gasteiger partial charge in [0.2, 0.25) is 0 Å². The topological polar surface area (TPSA) is 110 Å². The summed E-state index contributed by atoms with van der Waals surface area (Å²) in [6.07, 6.45) is 8.92. The van der Waals surface area contributed by atoms with Crippen LogP contribution >= 0.6 is 0 Å². The van der Waals surface area contributed by atoms with Gasteiger partial charge in [-0.15, -0.1) is 0 Å². The predicted molar refractivity (Wildman–Crippen MR) is 504 cm³/mol. The highest BCUT2D eigenvalue weighted by Crippen LogP contribution is 2.56.